The summed E-state index contributed by atoms with van der Waals surface area (Å²) in [5, 5.41) is 0.706. The number of carbonyl (C=O) groups is 1. The number of likely N-dealkylation sites (tertiary alicyclic amines) is 1. The summed E-state index contributed by atoms with van der Waals surface area (Å²) in [6.07, 6.45) is 7.75. The van der Waals surface area contributed by atoms with E-state index in [4.69, 9.17) is 21.3 Å². The average molecular weight is 464 g/mol. The Morgan fingerprint density at radius 1 is 1.12 bits per heavy atom. The van der Waals surface area contributed by atoms with Gasteiger partial charge in [-0.15, -0.1) is 0 Å². The number of hydrogen-bond donors (Lipinski definition) is 0. The molecule has 7 nitrogen and oxygen atoms in total. The lowest BCUT2D eigenvalue weighted by molar-refractivity contribution is 0.0732. The number of amides is 1. The number of aromatic nitrogens is 3. The summed E-state index contributed by atoms with van der Waals surface area (Å²) in [6, 6.07) is 11.4. The van der Waals surface area contributed by atoms with Gasteiger partial charge in [0.2, 0.25) is 0 Å². The minimum absolute atomic E-state index is 0.0106. The predicted molar refractivity (Wildman–Crippen MR) is 127 cm³/mol. The van der Waals surface area contributed by atoms with Crippen LogP contribution < -0.4 is 4.90 Å². The lowest BCUT2D eigenvalue weighted by atomic mass is 10.1. The fourth-order valence-electron chi connectivity index (χ4n) is 4.52. The van der Waals surface area contributed by atoms with E-state index in [1.54, 1.807) is 24.7 Å². The van der Waals surface area contributed by atoms with Crippen LogP contribution in [0.25, 0.3) is 0 Å². The van der Waals surface area contributed by atoms with Gasteiger partial charge in [-0.1, -0.05) is 23.7 Å². The first kappa shape index (κ1) is 21.8. The summed E-state index contributed by atoms with van der Waals surface area (Å²) in [4.78, 5) is 31.3. The Morgan fingerprint density at radius 3 is 2.85 bits per heavy atom. The zero-order valence-electron chi connectivity index (χ0n) is 18.4. The molecule has 2 aliphatic heterocycles. The summed E-state index contributed by atoms with van der Waals surface area (Å²) in [6.45, 7) is 3.63. The maximum absolute atomic E-state index is 13.5. The number of benzene rings is 1. The monoisotopic (exact) mass is 463 g/mol. The third-order valence-corrected chi connectivity index (χ3v) is 6.40. The van der Waals surface area contributed by atoms with Crippen molar-refractivity contribution in [3.63, 3.8) is 0 Å². The van der Waals surface area contributed by atoms with Crippen molar-refractivity contribution in [1.29, 1.82) is 0 Å². The SMILES string of the molecule is O=C(c1ccnc(N2CCOCC2)c1)N1CCCC1c1cncc(Cc2cccc(Cl)c2)n1. The van der Waals surface area contributed by atoms with Crippen molar-refractivity contribution in [3.05, 3.63) is 82.5 Å². The first-order valence-electron chi connectivity index (χ1n) is 11.3. The second-order valence-corrected chi connectivity index (χ2v) is 8.84. The molecule has 2 aromatic heterocycles. The maximum atomic E-state index is 13.5. The van der Waals surface area contributed by atoms with E-state index in [-0.39, 0.29) is 11.9 Å². The molecule has 0 spiro atoms. The van der Waals surface area contributed by atoms with Gasteiger partial charge < -0.3 is 14.5 Å². The van der Waals surface area contributed by atoms with Crippen molar-refractivity contribution < 1.29 is 9.53 Å². The molecule has 4 heterocycles. The van der Waals surface area contributed by atoms with Crippen molar-refractivity contribution >= 4 is 23.3 Å². The van der Waals surface area contributed by atoms with Crippen molar-refractivity contribution in [2.45, 2.75) is 25.3 Å². The molecule has 1 unspecified atom stereocenters. The van der Waals surface area contributed by atoms with Gasteiger partial charge in [0.25, 0.3) is 5.91 Å². The number of morpholine rings is 1. The summed E-state index contributed by atoms with van der Waals surface area (Å²) in [5.74, 6) is 0.833. The molecule has 0 saturated carbocycles. The van der Waals surface area contributed by atoms with E-state index in [9.17, 15) is 4.79 Å². The fraction of sp³-hybridized carbons (Fsp3) is 0.360. The molecule has 3 aromatic rings. The standard InChI is InChI=1S/C25H26ClN5O2/c26-20-4-1-3-18(13-20)14-21-16-27-17-22(29-21)23-5-2-8-31(23)25(32)19-6-7-28-24(15-19)30-9-11-33-12-10-30/h1,3-4,6-7,13,15-17,23H,2,5,8-12,14H2. The quantitative estimate of drug-likeness (QED) is 0.571. The maximum Gasteiger partial charge on any atom is 0.254 e. The van der Waals surface area contributed by atoms with E-state index in [2.05, 4.69) is 14.9 Å². The molecule has 2 fully saturated rings. The molecular formula is C25H26ClN5O2. The molecule has 33 heavy (non-hydrogen) atoms. The molecule has 5 rings (SSSR count). The molecule has 8 heteroatoms. The smallest absolute Gasteiger partial charge is 0.254 e. The number of anilines is 1. The molecule has 1 atom stereocenters. The molecule has 2 saturated heterocycles. The number of nitrogens with zero attached hydrogens (tertiary/aromatic N) is 5. The third kappa shape index (κ3) is 4.99. The molecule has 0 aliphatic carbocycles. The second-order valence-electron chi connectivity index (χ2n) is 8.40. The highest BCUT2D eigenvalue weighted by molar-refractivity contribution is 6.30. The molecule has 2 aliphatic rings. The highest BCUT2D eigenvalue weighted by Crippen LogP contribution is 2.32. The Hall–Kier alpha value is -3.03. The zero-order valence-corrected chi connectivity index (χ0v) is 19.1. The highest BCUT2D eigenvalue weighted by atomic mass is 35.5. The van der Waals surface area contributed by atoms with Crippen LogP contribution in [-0.2, 0) is 11.2 Å². The highest BCUT2D eigenvalue weighted by Gasteiger charge is 2.32. The van der Waals surface area contributed by atoms with Gasteiger partial charge in [0.1, 0.15) is 5.82 Å². The number of rotatable bonds is 5. The number of ether oxygens (including phenoxy) is 1. The fourth-order valence-corrected chi connectivity index (χ4v) is 4.74. The van der Waals surface area contributed by atoms with E-state index in [1.807, 2.05) is 35.2 Å². The van der Waals surface area contributed by atoms with Gasteiger partial charge in [-0.05, 0) is 42.7 Å². The summed E-state index contributed by atoms with van der Waals surface area (Å²) >= 11 is 6.12. The van der Waals surface area contributed by atoms with Gasteiger partial charge in [0, 0.05) is 49.0 Å². The van der Waals surface area contributed by atoms with Crippen molar-refractivity contribution in [2.24, 2.45) is 0 Å². The van der Waals surface area contributed by atoms with Crippen LogP contribution >= 0.6 is 11.6 Å². The van der Waals surface area contributed by atoms with Gasteiger partial charge in [-0.3, -0.25) is 14.8 Å². The Bertz CT molecular complexity index is 1140. The van der Waals surface area contributed by atoms with Crippen LogP contribution in [0.3, 0.4) is 0 Å². The Morgan fingerprint density at radius 2 is 2.00 bits per heavy atom. The van der Waals surface area contributed by atoms with Crippen molar-refractivity contribution in [2.75, 3.05) is 37.7 Å². The van der Waals surface area contributed by atoms with Gasteiger partial charge in [-0.2, -0.15) is 0 Å². The Kier molecular flexibility index (Phi) is 6.51. The van der Waals surface area contributed by atoms with E-state index < -0.39 is 0 Å². The van der Waals surface area contributed by atoms with Crippen molar-refractivity contribution in [3.8, 4) is 0 Å². The van der Waals surface area contributed by atoms with Gasteiger partial charge in [0.15, 0.2) is 0 Å². The zero-order chi connectivity index (χ0) is 22.6. The first-order chi connectivity index (χ1) is 16.2. The minimum Gasteiger partial charge on any atom is -0.378 e. The molecule has 1 amide bonds. The van der Waals surface area contributed by atoms with E-state index in [0.29, 0.717) is 36.8 Å². The number of carbonyl (C=O) groups excluding carboxylic acids is 1. The first-order valence-corrected chi connectivity index (χ1v) is 11.7. The van der Waals surface area contributed by atoms with Crippen LogP contribution in [0, 0.1) is 0 Å². The van der Waals surface area contributed by atoms with Crippen LogP contribution in [0.2, 0.25) is 5.02 Å². The van der Waals surface area contributed by atoms with Crippen LogP contribution in [-0.4, -0.2) is 58.6 Å². The lowest BCUT2D eigenvalue weighted by Gasteiger charge is -2.28. The largest absolute Gasteiger partial charge is 0.378 e. The Balaban J connectivity index is 1.34. The summed E-state index contributed by atoms with van der Waals surface area (Å²) in [7, 11) is 0. The number of halogens is 1. The van der Waals surface area contributed by atoms with Gasteiger partial charge in [0.05, 0.1) is 36.8 Å². The summed E-state index contributed by atoms with van der Waals surface area (Å²) < 4.78 is 5.43. The predicted octanol–water partition coefficient (Wildman–Crippen LogP) is 3.93. The molecule has 0 radical (unpaired) electrons. The molecule has 170 valence electrons. The Labute approximate surface area is 198 Å². The number of hydrogen-bond acceptors (Lipinski definition) is 6. The van der Waals surface area contributed by atoms with E-state index in [1.165, 1.54) is 0 Å². The number of pyridine rings is 1. The second kappa shape index (κ2) is 9.85. The topological polar surface area (TPSA) is 71.5 Å². The molecular weight excluding hydrogens is 438 g/mol. The third-order valence-electron chi connectivity index (χ3n) is 6.16. The van der Waals surface area contributed by atoms with Crippen LogP contribution in [0.4, 0.5) is 5.82 Å². The van der Waals surface area contributed by atoms with Crippen LogP contribution in [0.1, 0.15) is 46.2 Å². The molecule has 0 bridgehead atoms. The summed E-state index contributed by atoms with van der Waals surface area (Å²) in [5.41, 5.74) is 3.44. The lowest BCUT2D eigenvalue weighted by Crippen LogP contribution is -2.37. The minimum atomic E-state index is -0.0793. The average Bonchev–Trinajstić information content (AvgIpc) is 3.34. The normalized spacial score (nSPS) is 18.5. The molecule has 0 N–H and O–H groups in total. The molecule has 1 aromatic carbocycles. The van der Waals surface area contributed by atoms with Gasteiger partial charge in [-0.25, -0.2) is 4.98 Å². The van der Waals surface area contributed by atoms with Crippen molar-refractivity contribution in [1.82, 2.24) is 19.9 Å². The van der Waals surface area contributed by atoms with Crippen LogP contribution in [0.5, 0.6) is 0 Å². The van der Waals surface area contributed by atoms with E-state index >= 15 is 0 Å². The van der Waals surface area contributed by atoms with E-state index in [0.717, 1.165) is 48.7 Å². The van der Waals surface area contributed by atoms with Crippen LogP contribution in [0.15, 0.2) is 55.0 Å². The van der Waals surface area contributed by atoms with Gasteiger partial charge >= 0.3 is 0 Å².